The Morgan fingerprint density at radius 3 is 2.11 bits per heavy atom. The quantitative estimate of drug-likeness (QED) is 0.444. The second kappa shape index (κ2) is 16.9. The van der Waals surface area contributed by atoms with E-state index in [-0.39, 0.29) is 0 Å². The van der Waals surface area contributed by atoms with Gasteiger partial charge in [-0.1, -0.05) is 51.9 Å². The second-order valence-electron chi connectivity index (χ2n) is 4.98. The van der Waals surface area contributed by atoms with Crippen LogP contribution in [0.1, 0.15) is 64.7 Å². The molecule has 0 fully saturated rings. The highest BCUT2D eigenvalue weighted by Crippen LogP contribution is 2.08. The topological polar surface area (TPSA) is 47.3 Å². The first kappa shape index (κ1) is 17.9. The molecular weight excluding hydrogens is 224 g/mol. The minimum absolute atomic E-state index is 0.770. The van der Waals surface area contributed by atoms with Crippen LogP contribution in [0.25, 0.3) is 0 Å². The number of hydrogen-bond donors (Lipinski definition) is 2. The molecular formula is C15H34N2O. The zero-order valence-electron chi connectivity index (χ0n) is 12.4. The Labute approximate surface area is 114 Å². The summed E-state index contributed by atoms with van der Waals surface area (Å²) >= 11 is 0. The predicted octanol–water partition coefficient (Wildman–Crippen LogP) is 3.08. The maximum Gasteiger partial charge on any atom is 0.0590 e. The van der Waals surface area contributed by atoms with Crippen molar-refractivity contribution in [2.45, 2.75) is 64.7 Å². The monoisotopic (exact) mass is 258 g/mol. The molecule has 0 aliphatic heterocycles. The van der Waals surface area contributed by atoms with E-state index in [1.54, 1.807) is 0 Å². The Kier molecular flexibility index (Phi) is 16.8. The van der Waals surface area contributed by atoms with Crippen molar-refractivity contribution >= 4 is 0 Å². The molecule has 0 saturated heterocycles. The van der Waals surface area contributed by atoms with E-state index in [1.807, 2.05) is 0 Å². The molecule has 0 radical (unpaired) electrons. The van der Waals surface area contributed by atoms with Crippen molar-refractivity contribution < 1.29 is 4.74 Å². The van der Waals surface area contributed by atoms with Gasteiger partial charge in [0.2, 0.25) is 0 Å². The summed E-state index contributed by atoms with van der Waals surface area (Å²) < 4.78 is 5.57. The maximum absolute atomic E-state index is 5.57. The number of nitrogens with two attached hydrogens (primary N) is 1. The molecule has 3 heteroatoms. The van der Waals surface area contributed by atoms with Crippen LogP contribution in [-0.4, -0.2) is 32.8 Å². The van der Waals surface area contributed by atoms with E-state index in [1.165, 1.54) is 51.4 Å². The molecule has 0 aromatic carbocycles. The number of ether oxygens (including phenoxy) is 1. The fourth-order valence-corrected chi connectivity index (χ4v) is 1.94. The van der Waals surface area contributed by atoms with Crippen LogP contribution in [0, 0.1) is 0 Å². The van der Waals surface area contributed by atoms with Crippen LogP contribution < -0.4 is 11.1 Å². The Morgan fingerprint density at radius 1 is 0.778 bits per heavy atom. The van der Waals surface area contributed by atoms with Gasteiger partial charge in [0, 0.05) is 13.2 Å². The predicted molar refractivity (Wildman–Crippen MR) is 80.0 cm³/mol. The average molecular weight is 258 g/mol. The fourth-order valence-electron chi connectivity index (χ4n) is 1.94. The molecule has 0 aliphatic rings. The Morgan fingerprint density at radius 2 is 1.44 bits per heavy atom. The van der Waals surface area contributed by atoms with Crippen molar-refractivity contribution in [3.8, 4) is 0 Å². The molecule has 0 spiro atoms. The van der Waals surface area contributed by atoms with E-state index in [0.29, 0.717) is 0 Å². The van der Waals surface area contributed by atoms with Gasteiger partial charge in [-0.05, 0) is 25.9 Å². The van der Waals surface area contributed by atoms with Gasteiger partial charge in [0.1, 0.15) is 0 Å². The van der Waals surface area contributed by atoms with Crippen molar-refractivity contribution in [1.82, 2.24) is 5.32 Å². The van der Waals surface area contributed by atoms with Crippen molar-refractivity contribution in [2.75, 3.05) is 32.8 Å². The minimum atomic E-state index is 0.770. The highest BCUT2D eigenvalue weighted by Gasteiger charge is 1.92. The standard InChI is InChI=1S/C15H34N2O/c1-2-3-4-5-6-7-8-9-14-18-15-13-17-12-10-11-16/h17H,2-16H2,1H3. The van der Waals surface area contributed by atoms with Gasteiger partial charge in [-0.25, -0.2) is 0 Å². The molecule has 0 aromatic rings. The van der Waals surface area contributed by atoms with E-state index in [2.05, 4.69) is 12.2 Å². The van der Waals surface area contributed by atoms with Crippen LogP contribution >= 0.6 is 0 Å². The summed E-state index contributed by atoms with van der Waals surface area (Å²) in [5.41, 5.74) is 5.40. The second-order valence-corrected chi connectivity index (χ2v) is 4.98. The van der Waals surface area contributed by atoms with Gasteiger partial charge in [0.05, 0.1) is 6.61 Å². The van der Waals surface area contributed by atoms with Crippen LogP contribution in [0.5, 0.6) is 0 Å². The Bertz CT molecular complexity index is 126. The molecule has 0 amide bonds. The summed E-state index contributed by atoms with van der Waals surface area (Å²) in [6, 6.07) is 0. The lowest BCUT2D eigenvalue weighted by molar-refractivity contribution is 0.131. The van der Waals surface area contributed by atoms with Crippen molar-refractivity contribution in [3.05, 3.63) is 0 Å². The molecule has 3 N–H and O–H groups in total. The summed E-state index contributed by atoms with van der Waals surface area (Å²) in [6.45, 7) is 6.76. The molecule has 0 aromatic heterocycles. The minimum Gasteiger partial charge on any atom is -0.380 e. The van der Waals surface area contributed by atoms with E-state index in [9.17, 15) is 0 Å². The lowest BCUT2D eigenvalue weighted by Gasteiger charge is -2.05. The first-order valence-corrected chi connectivity index (χ1v) is 7.90. The molecule has 0 saturated carbocycles. The molecule has 3 nitrogen and oxygen atoms in total. The van der Waals surface area contributed by atoms with E-state index in [0.717, 1.165) is 39.3 Å². The first-order valence-electron chi connectivity index (χ1n) is 7.90. The average Bonchev–Trinajstić information content (AvgIpc) is 2.39. The fraction of sp³-hybridized carbons (Fsp3) is 1.00. The van der Waals surface area contributed by atoms with E-state index < -0.39 is 0 Å². The number of hydrogen-bond acceptors (Lipinski definition) is 3. The van der Waals surface area contributed by atoms with Gasteiger partial charge in [-0.3, -0.25) is 0 Å². The molecule has 110 valence electrons. The summed E-state index contributed by atoms with van der Waals surface area (Å²) in [5, 5.41) is 3.31. The van der Waals surface area contributed by atoms with E-state index in [4.69, 9.17) is 10.5 Å². The highest BCUT2D eigenvalue weighted by atomic mass is 16.5. The van der Waals surface area contributed by atoms with E-state index >= 15 is 0 Å². The zero-order valence-corrected chi connectivity index (χ0v) is 12.4. The van der Waals surface area contributed by atoms with Crippen LogP contribution in [-0.2, 0) is 4.74 Å². The summed E-state index contributed by atoms with van der Waals surface area (Å²) in [5.74, 6) is 0. The van der Waals surface area contributed by atoms with Crippen LogP contribution in [0.3, 0.4) is 0 Å². The molecule has 0 atom stereocenters. The number of unbranched alkanes of at least 4 members (excludes halogenated alkanes) is 7. The molecule has 18 heavy (non-hydrogen) atoms. The third kappa shape index (κ3) is 15.9. The summed E-state index contributed by atoms with van der Waals surface area (Å²) in [4.78, 5) is 0. The van der Waals surface area contributed by atoms with Crippen LogP contribution in [0.2, 0.25) is 0 Å². The number of nitrogens with one attached hydrogen (secondary N) is 1. The highest BCUT2D eigenvalue weighted by molar-refractivity contribution is 4.48. The molecule has 0 rings (SSSR count). The lowest BCUT2D eigenvalue weighted by Crippen LogP contribution is -2.22. The smallest absolute Gasteiger partial charge is 0.0590 e. The Hall–Kier alpha value is -0.120. The van der Waals surface area contributed by atoms with Crippen molar-refractivity contribution in [1.29, 1.82) is 0 Å². The third-order valence-corrected chi connectivity index (χ3v) is 3.12. The van der Waals surface area contributed by atoms with Crippen LogP contribution in [0.15, 0.2) is 0 Å². The maximum atomic E-state index is 5.57. The lowest BCUT2D eigenvalue weighted by atomic mass is 10.1. The Balaban J connectivity index is 2.86. The SMILES string of the molecule is CCCCCCCCCCOCCNCCCN. The van der Waals surface area contributed by atoms with Crippen LogP contribution in [0.4, 0.5) is 0 Å². The first-order chi connectivity index (χ1) is 8.91. The van der Waals surface area contributed by atoms with Gasteiger partial charge in [0.15, 0.2) is 0 Å². The van der Waals surface area contributed by atoms with Gasteiger partial charge in [-0.2, -0.15) is 0 Å². The molecule has 0 unspecified atom stereocenters. The van der Waals surface area contributed by atoms with Crippen molar-refractivity contribution in [3.63, 3.8) is 0 Å². The van der Waals surface area contributed by atoms with Crippen molar-refractivity contribution in [2.24, 2.45) is 5.73 Å². The molecule has 0 aliphatic carbocycles. The zero-order chi connectivity index (χ0) is 13.3. The number of rotatable bonds is 15. The molecule has 0 heterocycles. The van der Waals surface area contributed by atoms with Gasteiger partial charge in [-0.15, -0.1) is 0 Å². The summed E-state index contributed by atoms with van der Waals surface area (Å²) in [7, 11) is 0. The summed E-state index contributed by atoms with van der Waals surface area (Å²) in [6.07, 6.45) is 12.0. The third-order valence-electron chi connectivity index (χ3n) is 3.12. The van der Waals surface area contributed by atoms with Gasteiger partial charge in [0.25, 0.3) is 0 Å². The van der Waals surface area contributed by atoms with Gasteiger partial charge < -0.3 is 15.8 Å². The van der Waals surface area contributed by atoms with Gasteiger partial charge >= 0.3 is 0 Å². The normalized spacial score (nSPS) is 11.0. The largest absolute Gasteiger partial charge is 0.380 e. The molecule has 0 bridgehead atoms.